The van der Waals surface area contributed by atoms with Gasteiger partial charge in [-0.15, -0.1) is 0 Å². The van der Waals surface area contributed by atoms with E-state index in [-0.39, 0.29) is 0 Å². The molecule has 0 saturated carbocycles. The summed E-state index contributed by atoms with van der Waals surface area (Å²) in [6.45, 7) is 10.5. The highest BCUT2D eigenvalue weighted by atomic mass is 14.8. The fourth-order valence-electron chi connectivity index (χ4n) is 7.64. The highest BCUT2D eigenvalue weighted by Crippen LogP contribution is 2.32. The van der Waals surface area contributed by atoms with E-state index >= 15 is 0 Å². The van der Waals surface area contributed by atoms with Gasteiger partial charge in [-0.2, -0.15) is 0 Å². The molecule has 0 aliphatic carbocycles. The largest absolute Gasteiger partial charge is 0.247 e. The van der Waals surface area contributed by atoms with Gasteiger partial charge in [0.25, 0.3) is 0 Å². The molecule has 3 nitrogen and oxygen atoms in total. The van der Waals surface area contributed by atoms with Gasteiger partial charge in [0.2, 0.25) is 0 Å². The Morgan fingerprint density at radius 1 is 0.421 bits per heavy atom. The fourth-order valence-corrected chi connectivity index (χ4v) is 7.64. The maximum atomic E-state index is 5.24. The summed E-state index contributed by atoms with van der Waals surface area (Å²) in [6, 6.07) is 59.7. The molecule has 57 heavy (non-hydrogen) atoms. The molecular formula is C54H41N3. The second-order valence-electron chi connectivity index (χ2n) is 14.2. The van der Waals surface area contributed by atoms with E-state index in [4.69, 9.17) is 15.0 Å². The summed E-state index contributed by atoms with van der Waals surface area (Å²) >= 11 is 0. The summed E-state index contributed by atoms with van der Waals surface area (Å²) in [4.78, 5) is 15.7. The average Bonchev–Trinajstić information content (AvgIpc) is 3.28. The number of aryl methyl sites for hydroxylation is 1. The second-order valence-corrected chi connectivity index (χ2v) is 14.2. The third kappa shape index (κ3) is 6.85. The lowest BCUT2D eigenvalue weighted by atomic mass is 9.99. The van der Waals surface area contributed by atoms with E-state index in [0.717, 1.165) is 88.7 Å². The van der Waals surface area contributed by atoms with Gasteiger partial charge in [-0.3, -0.25) is 0 Å². The molecule has 272 valence electrons. The summed E-state index contributed by atoms with van der Waals surface area (Å²) in [5, 5.41) is 8.11. The molecule has 0 bridgehead atoms. The van der Waals surface area contributed by atoms with E-state index in [1.165, 1.54) is 21.5 Å². The molecule has 10 aromatic rings. The molecule has 0 spiro atoms. The minimum Gasteiger partial charge on any atom is -0.247 e. The van der Waals surface area contributed by atoms with Crippen molar-refractivity contribution in [3.05, 3.63) is 199 Å². The van der Waals surface area contributed by atoms with Crippen molar-refractivity contribution >= 4 is 65.9 Å². The third-order valence-electron chi connectivity index (χ3n) is 10.8. The number of hydrogen-bond acceptors (Lipinski definition) is 3. The van der Waals surface area contributed by atoms with Crippen molar-refractivity contribution in [1.29, 1.82) is 0 Å². The average molecular weight is 732 g/mol. The molecule has 0 unspecified atom stereocenters. The van der Waals surface area contributed by atoms with Crippen LogP contribution in [0.25, 0.3) is 99.7 Å². The lowest BCUT2D eigenvalue weighted by molar-refractivity contribution is 1.34. The Labute approximate surface area is 333 Å². The molecule has 0 aliphatic heterocycles. The molecule has 0 fully saturated rings. The Morgan fingerprint density at radius 2 is 0.877 bits per heavy atom. The van der Waals surface area contributed by atoms with E-state index < -0.39 is 0 Å². The Balaban J connectivity index is 0.00000208. The van der Waals surface area contributed by atoms with Crippen molar-refractivity contribution in [1.82, 2.24) is 15.0 Å². The molecule has 0 radical (unpaired) electrons. The van der Waals surface area contributed by atoms with Crippen molar-refractivity contribution in [3.8, 4) is 33.8 Å². The number of allylic oxidation sites excluding steroid dienone is 2. The number of benzene rings is 7. The van der Waals surface area contributed by atoms with E-state index in [9.17, 15) is 0 Å². The van der Waals surface area contributed by atoms with Crippen LogP contribution in [-0.2, 0) is 0 Å². The summed E-state index contributed by atoms with van der Waals surface area (Å²) in [5.41, 5.74) is 13.1. The van der Waals surface area contributed by atoms with E-state index in [1.807, 2.05) is 13.8 Å². The first-order chi connectivity index (χ1) is 28.0. The van der Waals surface area contributed by atoms with Gasteiger partial charge in [0.15, 0.2) is 0 Å². The predicted octanol–water partition coefficient (Wildman–Crippen LogP) is 14.7. The molecule has 10 rings (SSSR count). The Morgan fingerprint density at radius 3 is 1.49 bits per heavy atom. The first-order valence-electron chi connectivity index (χ1n) is 19.6. The van der Waals surface area contributed by atoms with Gasteiger partial charge in [0, 0.05) is 32.8 Å². The molecule has 0 aliphatic rings. The van der Waals surface area contributed by atoms with Crippen LogP contribution in [0, 0.1) is 6.92 Å². The van der Waals surface area contributed by atoms with Crippen molar-refractivity contribution in [2.45, 2.75) is 20.8 Å². The van der Waals surface area contributed by atoms with Crippen LogP contribution in [0.2, 0.25) is 0 Å². The Bertz CT molecular complexity index is 3190. The van der Waals surface area contributed by atoms with Crippen LogP contribution < -0.4 is 0 Å². The van der Waals surface area contributed by atoms with Crippen molar-refractivity contribution in [2.75, 3.05) is 0 Å². The lowest BCUT2D eigenvalue weighted by Gasteiger charge is -2.11. The molecule has 0 N–H and O–H groups in total. The molecular weight excluding hydrogens is 691 g/mol. The van der Waals surface area contributed by atoms with Crippen LogP contribution in [-0.4, -0.2) is 15.0 Å². The van der Waals surface area contributed by atoms with Crippen LogP contribution in [0.15, 0.2) is 183 Å². The number of fused-ring (bicyclic) bond motifs is 6. The fraction of sp³-hybridized carbons (Fsp3) is 0.0556. The molecule has 0 amide bonds. The van der Waals surface area contributed by atoms with Crippen molar-refractivity contribution in [3.63, 3.8) is 0 Å². The number of rotatable bonds is 6. The van der Waals surface area contributed by atoms with Gasteiger partial charge < -0.3 is 0 Å². The van der Waals surface area contributed by atoms with Crippen LogP contribution in [0.5, 0.6) is 0 Å². The molecule has 3 heterocycles. The highest BCUT2D eigenvalue weighted by molar-refractivity contribution is 6.04. The van der Waals surface area contributed by atoms with Gasteiger partial charge in [0.05, 0.1) is 33.6 Å². The molecule has 3 aromatic heterocycles. The van der Waals surface area contributed by atoms with Crippen LogP contribution in [0.1, 0.15) is 30.5 Å². The predicted molar refractivity (Wildman–Crippen MR) is 244 cm³/mol. The Hall–Kier alpha value is -7.23. The van der Waals surface area contributed by atoms with Gasteiger partial charge in [-0.25, -0.2) is 15.0 Å². The smallest absolute Gasteiger partial charge is 0.0972 e. The molecule has 3 heteroatoms. The number of pyridine rings is 3. The number of aromatic nitrogens is 3. The standard InChI is InChI=1S/C52H35N3.C2H6/c1-33(41-22-17-36-8-3-5-10-42(36)30-41)14-15-35-16-19-38-24-27-47(53-50(38)34(35)2)44-12-7-13-45(32-44)48-28-25-39-20-21-40-26-29-49(55-52(40)51(39)54-48)46-23-18-37-9-4-6-11-43(37)31-46;1-2/h3-32H,1H2,2H3;1-2H3/b15-14-;. The first-order valence-corrected chi connectivity index (χ1v) is 19.6. The lowest BCUT2D eigenvalue weighted by Crippen LogP contribution is -1.92. The van der Waals surface area contributed by atoms with E-state index in [0.29, 0.717) is 0 Å². The monoisotopic (exact) mass is 731 g/mol. The number of nitrogens with zero attached hydrogens (tertiary/aromatic N) is 3. The second kappa shape index (κ2) is 15.1. The minimum absolute atomic E-state index is 0.895. The summed E-state index contributed by atoms with van der Waals surface area (Å²) in [7, 11) is 0. The Kier molecular flexibility index (Phi) is 9.41. The normalized spacial score (nSPS) is 11.4. The topological polar surface area (TPSA) is 38.7 Å². The van der Waals surface area contributed by atoms with Crippen LogP contribution in [0.4, 0.5) is 0 Å². The molecule has 0 atom stereocenters. The van der Waals surface area contributed by atoms with Crippen molar-refractivity contribution < 1.29 is 0 Å². The van der Waals surface area contributed by atoms with Gasteiger partial charge in [0.1, 0.15) is 0 Å². The zero-order chi connectivity index (χ0) is 38.9. The van der Waals surface area contributed by atoms with E-state index in [2.05, 4.69) is 196 Å². The van der Waals surface area contributed by atoms with Crippen LogP contribution >= 0.6 is 0 Å². The summed E-state index contributed by atoms with van der Waals surface area (Å²) < 4.78 is 0. The van der Waals surface area contributed by atoms with E-state index in [1.54, 1.807) is 0 Å². The zero-order valence-corrected chi connectivity index (χ0v) is 32.4. The van der Waals surface area contributed by atoms with Gasteiger partial charge >= 0.3 is 0 Å². The maximum absolute atomic E-state index is 5.24. The minimum atomic E-state index is 0.895. The van der Waals surface area contributed by atoms with Crippen LogP contribution in [0.3, 0.4) is 0 Å². The van der Waals surface area contributed by atoms with Gasteiger partial charge in [-0.1, -0.05) is 166 Å². The van der Waals surface area contributed by atoms with Gasteiger partial charge in [-0.05, 0) is 87.1 Å². The summed E-state index contributed by atoms with van der Waals surface area (Å²) in [6.07, 6.45) is 4.25. The summed E-state index contributed by atoms with van der Waals surface area (Å²) in [5.74, 6) is 0. The molecule has 0 saturated heterocycles. The molecule has 7 aromatic carbocycles. The highest BCUT2D eigenvalue weighted by Gasteiger charge is 2.12. The maximum Gasteiger partial charge on any atom is 0.0972 e. The quantitative estimate of drug-likeness (QED) is 0.126. The van der Waals surface area contributed by atoms with Crippen molar-refractivity contribution in [2.24, 2.45) is 0 Å². The zero-order valence-electron chi connectivity index (χ0n) is 32.4. The number of hydrogen-bond donors (Lipinski definition) is 0. The SMILES string of the molecule is C=C(/C=C\c1ccc2ccc(-c3cccc(-c4ccc5ccc6ccc(-c7ccc8ccccc8c7)nc6c5n4)c3)nc2c1C)c1ccc2ccccc2c1.CC. The third-order valence-corrected chi connectivity index (χ3v) is 10.8. The first kappa shape index (κ1) is 35.5.